The number of halogens is 2. The van der Waals surface area contributed by atoms with Crippen LogP contribution in [0.4, 0.5) is 5.69 Å². The van der Waals surface area contributed by atoms with E-state index in [0.29, 0.717) is 5.15 Å². The van der Waals surface area contributed by atoms with Gasteiger partial charge in [-0.25, -0.2) is 4.98 Å². The van der Waals surface area contributed by atoms with Gasteiger partial charge in [-0.3, -0.25) is 0 Å². The van der Waals surface area contributed by atoms with Crippen molar-refractivity contribution < 1.29 is 0 Å². The lowest BCUT2D eigenvalue weighted by molar-refractivity contribution is 0.881. The number of pyridine rings is 1. The van der Waals surface area contributed by atoms with Crippen molar-refractivity contribution >= 4 is 33.2 Å². The summed E-state index contributed by atoms with van der Waals surface area (Å²) >= 11 is 9.46. The van der Waals surface area contributed by atoms with Gasteiger partial charge in [0, 0.05) is 16.7 Å². The predicted octanol–water partition coefficient (Wildman–Crippen LogP) is 4.98. The van der Waals surface area contributed by atoms with Crippen LogP contribution >= 0.6 is 27.5 Å². The third-order valence-corrected chi connectivity index (χ3v) is 3.45. The Morgan fingerprint density at radius 3 is 2.83 bits per heavy atom. The molecule has 2 aromatic rings. The first kappa shape index (κ1) is 13.4. The summed E-state index contributed by atoms with van der Waals surface area (Å²) in [5.74, 6) is 0. The molecule has 94 valence electrons. The van der Waals surface area contributed by atoms with Crippen molar-refractivity contribution in [2.45, 2.75) is 19.9 Å². The molecule has 18 heavy (non-hydrogen) atoms. The highest BCUT2D eigenvalue weighted by molar-refractivity contribution is 9.10. The van der Waals surface area contributed by atoms with Crippen molar-refractivity contribution in [3.05, 3.63) is 57.3 Å². The van der Waals surface area contributed by atoms with Gasteiger partial charge in [0.25, 0.3) is 0 Å². The highest BCUT2D eigenvalue weighted by Gasteiger charge is 2.09. The molecule has 2 rings (SSSR count). The van der Waals surface area contributed by atoms with Crippen molar-refractivity contribution in [2.75, 3.05) is 5.32 Å². The molecule has 0 amide bonds. The molecule has 4 heteroatoms. The molecule has 1 aromatic heterocycles. The molecule has 0 saturated carbocycles. The maximum absolute atomic E-state index is 6.06. The molecule has 2 nitrogen and oxygen atoms in total. The zero-order chi connectivity index (χ0) is 13.1. The molecule has 0 aliphatic heterocycles. The van der Waals surface area contributed by atoms with Crippen LogP contribution in [0.1, 0.15) is 24.1 Å². The van der Waals surface area contributed by atoms with E-state index in [1.807, 2.05) is 6.07 Å². The third kappa shape index (κ3) is 3.24. The third-order valence-electron chi connectivity index (χ3n) is 2.72. The summed E-state index contributed by atoms with van der Waals surface area (Å²) in [6.45, 7) is 4.19. The van der Waals surface area contributed by atoms with Crippen molar-refractivity contribution in [1.82, 2.24) is 4.98 Å². The summed E-state index contributed by atoms with van der Waals surface area (Å²) in [5, 5.41) is 3.85. The van der Waals surface area contributed by atoms with Gasteiger partial charge < -0.3 is 5.32 Å². The van der Waals surface area contributed by atoms with Gasteiger partial charge in [-0.1, -0.05) is 41.4 Å². The van der Waals surface area contributed by atoms with Gasteiger partial charge >= 0.3 is 0 Å². The van der Waals surface area contributed by atoms with Crippen molar-refractivity contribution in [3.63, 3.8) is 0 Å². The Morgan fingerprint density at radius 1 is 1.33 bits per heavy atom. The minimum absolute atomic E-state index is 0.179. The minimum Gasteiger partial charge on any atom is -0.376 e. The second-order valence-corrected chi connectivity index (χ2v) is 5.55. The standard InChI is InChI=1S/C14H14BrClN2/c1-9-4-3-5-11(6-9)10(2)18-13-7-12(15)8-17-14(13)16/h3-8,10,18H,1-2H3. The maximum atomic E-state index is 6.06. The van der Waals surface area contributed by atoms with E-state index in [4.69, 9.17) is 11.6 Å². The minimum atomic E-state index is 0.179. The molecule has 1 heterocycles. The Balaban J connectivity index is 2.21. The SMILES string of the molecule is Cc1cccc(C(C)Nc2cc(Br)cnc2Cl)c1. The highest BCUT2D eigenvalue weighted by Crippen LogP contribution is 2.27. The fourth-order valence-electron chi connectivity index (χ4n) is 1.78. The van der Waals surface area contributed by atoms with E-state index in [2.05, 4.69) is 64.3 Å². The molecule has 1 aromatic carbocycles. The number of aryl methyl sites for hydroxylation is 1. The zero-order valence-electron chi connectivity index (χ0n) is 10.2. The lowest BCUT2D eigenvalue weighted by Gasteiger charge is -2.17. The van der Waals surface area contributed by atoms with Gasteiger partial charge in [-0.15, -0.1) is 0 Å². The fourth-order valence-corrected chi connectivity index (χ4v) is 2.27. The second-order valence-electron chi connectivity index (χ2n) is 4.27. The van der Waals surface area contributed by atoms with Gasteiger partial charge in [0.2, 0.25) is 0 Å². The van der Waals surface area contributed by atoms with Crippen LogP contribution in [0.15, 0.2) is 41.0 Å². The number of nitrogens with one attached hydrogen (secondary N) is 1. The van der Waals surface area contributed by atoms with E-state index in [0.717, 1.165) is 10.2 Å². The summed E-state index contributed by atoms with van der Waals surface area (Å²) < 4.78 is 0.908. The smallest absolute Gasteiger partial charge is 0.152 e. The number of rotatable bonds is 3. The number of hydrogen-bond acceptors (Lipinski definition) is 2. The van der Waals surface area contributed by atoms with E-state index in [-0.39, 0.29) is 6.04 Å². The summed E-state index contributed by atoms with van der Waals surface area (Å²) in [6, 6.07) is 10.5. The number of hydrogen-bond donors (Lipinski definition) is 1. The number of aromatic nitrogens is 1. The van der Waals surface area contributed by atoms with Crippen LogP contribution in [0.25, 0.3) is 0 Å². The largest absolute Gasteiger partial charge is 0.376 e. The molecule has 1 atom stereocenters. The second kappa shape index (κ2) is 5.72. The van der Waals surface area contributed by atoms with Gasteiger partial charge in [0.05, 0.1) is 5.69 Å². The first-order chi connectivity index (χ1) is 8.56. The Labute approximate surface area is 121 Å². The highest BCUT2D eigenvalue weighted by atomic mass is 79.9. The molecule has 0 aliphatic rings. The van der Waals surface area contributed by atoms with E-state index in [1.54, 1.807) is 6.20 Å². The van der Waals surface area contributed by atoms with Crippen molar-refractivity contribution in [3.8, 4) is 0 Å². The molecule has 1 unspecified atom stereocenters. The Hall–Kier alpha value is -1.06. The first-order valence-electron chi connectivity index (χ1n) is 5.70. The van der Waals surface area contributed by atoms with Gasteiger partial charge in [0.1, 0.15) is 0 Å². The van der Waals surface area contributed by atoms with Crippen LogP contribution in [0.3, 0.4) is 0 Å². The lowest BCUT2D eigenvalue weighted by atomic mass is 10.1. The van der Waals surface area contributed by atoms with Crippen LogP contribution in [0.2, 0.25) is 5.15 Å². The summed E-state index contributed by atoms with van der Waals surface area (Å²) in [7, 11) is 0. The van der Waals surface area contributed by atoms with E-state index >= 15 is 0 Å². The normalized spacial score (nSPS) is 12.2. The molecule has 0 fully saturated rings. The molecule has 0 saturated heterocycles. The van der Waals surface area contributed by atoms with Gasteiger partial charge in [0.15, 0.2) is 5.15 Å². The molecule has 0 radical (unpaired) electrons. The Morgan fingerprint density at radius 2 is 2.11 bits per heavy atom. The summed E-state index contributed by atoms with van der Waals surface area (Å²) in [5.41, 5.74) is 3.31. The van der Waals surface area contributed by atoms with Crippen LogP contribution in [0, 0.1) is 6.92 Å². The molecular formula is C14H14BrClN2. The van der Waals surface area contributed by atoms with E-state index < -0.39 is 0 Å². The number of nitrogens with zero attached hydrogens (tertiary/aromatic N) is 1. The molecule has 0 spiro atoms. The van der Waals surface area contributed by atoms with Crippen molar-refractivity contribution in [2.24, 2.45) is 0 Å². The molecular weight excluding hydrogens is 312 g/mol. The van der Waals surface area contributed by atoms with Crippen LogP contribution in [0.5, 0.6) is 0 Å². The van der Waals surface area contributed by atoms with Gasteiger partial charge in [-0.05, 0) is 41.4 Å². The molecule has 0 bridgehead atoms. The summed E-state index contributed by atoms with van der Waals surface area (Å²) in [4.78, 5) is 4.10. The Bertz CT molecular complexity index is 557. The van der Waals surface area contributed by atoms with Crippen LogP contribution in [-0.4, -0.2) is 4.98 Å². The maximum Gasteiger partial charge on any atom is 0.152 e. The van der Waals surface area contributed by atoms with E-state index in [1.165, 1.54) is 11.1 Å². The monoisotopic (exact) mass is 324 g/mol. The van der Waals surface area contributed by atoms with Crippen molar-refractivity contribution in [1.29, 1.82) is 0 Å². The van der Waals surface area contributed by atoms with Gasteiger partial charge in [-0.2, -0.15) is 0 Å². The number of benzene rings is 1. The summed E-state index contributed by atoms with van der Waals surface area (Å²) in [6.07, 6.45) is 1.69. The van der Waals surface area contributed by atoms with Crippen LogP contribution in [-0.2, 0) is 0 Å². The fraction of sp³-hybridized carbons (Fsp3) is 0.214. The first-order valence-corrected chi connectivity index (χ1v) is 6.87. The topological polar surface area (TPSA) is 24.9 Å². The predicted molar refractivity (Wildman–Crippen MR) is 80.2 cm³/mol. The molecule has 1 N–H and O–H groups in total. The quantitative estimate of drug-likeness (QED) is 0.805. The zero-order valence-corrected chi connectivity index (χ0v) is 12.6. The van der Waals surface area contributed by atoms with Crippen LogP contribution < -0.4 is 5.32 Å². The lowest BCUT2D eigenvalue weighted by Crippen LogP contribution is -2.07. The van der Waals surface area contributed by atoms with E-state index in [9.17, 15) is 0 Å². The molecule has 0 aliphatic carbocycles. The Kier molecular flexibility index (Phi) is 4.25. The average Bonchev–Trinajstić information content (AvgIpc) is 2.34. The number of anilines is 1. The average molecular weight is 326 g/mol.